The van der Waals surface area contributed by atoms with Gasteiger partial charge < -0.3 is 10.3 Å². The van der Waals surface area contributed by atoms with Gasteiger partial charge in [-0.1, -0.05) is 0 Å². The summed E-state index contributed by atoms with van der Waals surface area (Å²) in [6, 6.07) is 5.81. The summed E-state index contributed by atoms with van der Waals surface area (Å²) in [6.07, 6.45) is 11.1. The maximum absolute atomic E-state index is 12.3. The van der Waals surface area contributed by atoms with Gasteiger partial charge in [-0.3, -0.25) is 14.5 Å². The fraction of sp³-hybridized carbons (Fsp3) is 0.158. The average molecular weight is 346 g/mol. The largest absolute Gasteiger partial charge is 0.352 e. The van der Waals surface area contributed by atoms with Crippen molar-refractivity contribution >= 4 is 16.9 Å². The van der Waals surface area contributed by atoms with Crippen LogP contribution in [0, 0.1) is 0 Å². The number of aromatic amines is 1. The number of hydrogen-bond donors (Lipinski definition) is 2. The van der Waals surface area contributed by atoms with E-state index in [2.05, 4.69) is 25.4 Å². The Morgan fingerprint density at radius 2 is 2.08 bits per heavy atom. The smallest absolute Gasteiger partial charge is 0.224 e. The van der Waals surface area contributed by atoms with Gasteiger partial charge in [0.15, 0.2) is 0 Å². The lowest BCUT2D eigenvalue weighted by molar-refractivity contribution is -0.120. The molecule has 0 aliphatic heterocycles. The summed E-state index contributed by atoms with van der Waals surface area (Å²) < 4.78 is 1.75. The van der Waals surface area contributed by atoms with Crippen molar-refractivity contribution < 1.29 is 4.79 Å². The number of pyridine rings is 2. The van der Waals surface area contributed by atoms with Crippen molar-refractivity contribution in [1.29, 1.82) is 0 Å². The van der Waals surface area contributed by atoms with Crippen molar-refractivity contribution in [2.24, 2.45) is 7.05 Å². The number of aromatic nitrogens is 5. The van der Waals surface area contributed by atoms with Crippen molar-refractivity contribution in [2.45, 2.75) is 13.0 Å². The second-order valence-corrected chi connectivity index (χ2v) is 6.15. The summed E-state index contributed by atoms with van der Waals surface area (Å²) in [4.78, 5) is 23.9. The Morgan fingerprint density at radius 1 is 1.23 bits per heavy atom. The zero-order chi connectivity index (χ0) is 17.9. The van der Waals surface area contributed by atoms with Gasteiger partial charge in [0, 0.05) is 61.1 Å². The Bertz CT molecular complexity index is 1050. The topological polar surface area (TPSA) is 88.5 Å². The fourth-order valence-electron chi connectivity index (χ4n) is 2.87. The third-order valence-corrected chi connectivity index (χ3v) is 4.25. The molecule has 0 fully saturated rings. The normalized spacial score (nSPS) is 11.0. The van der Waals surface area contributed by atoms with Gasteiger partial charge in [0.05, 0.1) is 12.6 Å². The van der Waals surface area contributed by atoms with E-state index in [4.69, 9.17) is 0 Å². The maximum atomic E-state index is 12.3. The number of carbonyl (C=O) groups excluding carboxylic acids is 1. The third-order valence-electron chi connectivity index (χ3n) is 4.25. The number of amides is 1. The number of hydrogen-bond acceptors (Lipinski definition) is 4. The number of rotatable bonds is 5. The SMILES string of the molecule is Cn1cc(-c2cnc3[nH]cc(CC(=O)NCc4ccncc4)c3c2)cn1. The van der Waals surface area contributed by atoms with Crippen molar-refractivity contribution in [2.75, 3.05) is 0 Å². The lowest BCUT2D eigenvalue weighted by Crippen LogP contribution is -2.24. The first-order chi connectivity index (χ1) is 12.7. The predicted molar refractivity (Wildman–Crippen MR) is 98.1 cm³/mol. The van der Waals surface area contributed by atoms with Gasteiger partial charge >= 0.3 is 0 Å². The van der Waals surface area contributed by atoms with Crippen LogP contribution in [0.5, 0.6) is 0 Å². The summed E-state index contributed by atoms with van der Waals surface area (Å²) in [5.74, 6) is -0.0329. The molecule has 7 nitrogen and oxygen atoms in total. The predicted octanol–water partition coefficient (Wildman–Crippen LogP) is 2.22. The summed E-state index contributed by atoms with van der Waals surface area (Å²) >= 11 is 0. The van der Waals surface area contributed by atoms with E-state index in [0.29, 0.717) is 13.0 Å². The van der Waals surface area contributed by atoms with E-state index >= 15 is 0 Å². The molecule has 0 aliphatic carbocycles. The highest BCUT2D eigenvalue weighted by Gasteiger charge is 2.11. The Kier molecular flexibility index (Phi) is 4.18. The van der Waals surface area contributed by atoms with Crippen LogP contribution in [0.25, 0.3) is 22.2 Å². The summed E-state index contributed by atoms with van der Waals surface area (Å²) in [7, 11) is 1.88. The molecule has 4 heterocycles. The molecule has 4 aromatic heterocycles. The van der Waals surface area contributed by atoms with Crippen LogP contribution in [0.15, 0.2) is 55.4 Å². The van der Waals surface area contributed by atoms with Crippen molar-refractivity contribution in [1.82, 2.24) is 30.0 Å². The standard InChI is InChI=1S/C19H18N6O/c1-25-12-16(11-24-25)14-6-17-15(10-23-19(17)22-9-14)7-18(26)21-8-13-2-4-20-5-3-13/h2-6,9-12H,7-8H2,1H3,(H,21,26)(H,22,23). The number of H-pyrrole nitrogens is 1. The third kappa shape index (κ3) is 3.32. The molecule has 4 rings (SSSR count). The first-order valence-electron chi connectivity index (χ1n) is 8.29. The zero-order valence-electron chi connectivity index (χ0n) is 14.3. The lowest BCUT2D eigenvalue weighted by Gasteiger charge is -2.05. The van der Waals surface area contributed by atoms with Crippen LogP contribution in [0.4, 0.5) is 0 Å². The molecule has 7 heteroatoms. The number of fused-ring (bicyclic) bond motifs is 1. The minimum atomic E-state index is -0.0329. The first kappa shape index (κ1) is 16.0. The molecular weight excluding hydrogens is 328 g/mol. The van der Waals surface area contributed by atoms with Gasteiger partial charge in [0.2, 0.25) is 5.91 Å². The van der Waals surface area contributed by atoms with E-state index in [1.807, 2.05) is 43.8 Å². The lowest BCUT2D eigenvalue weighted by atomic mass is 10.1. The Labute approximate surface area is 150 Å². The number of aryl methyl sites for hydroxylation is 1. The van der Waals surface area contributed by atoms with Gasteiger partial charge in [0.1, 0.15) is 5.65 Å². The number of nitrogens with one attached hydrogen (secondary N) is 2. The van der Waals surface area contributed by atoms with Crippen molar-refractivity contribution in [3.05, 3.63) is 66.5 Å². The molecule has 1 amide bonds. The molecule has 0 saturated carbocycles. The average Bonchev–Trinajstić information content (AvgIpc) is 3.27. The second-order valence-electron chi connectivity index (χ2n) is 6.15. The van der Waals surface area contributed by atoms with E-state index in [9.17, 15) is 4.79 Å². The minimum Gasteiger partial charge on any atom is -0.352 e. The quantitative estimate of drug-likeness (QED) is 0.580. The molecule has 0 aliphatic rings. The summed E-state index contributed by atoms with van der Waals surface area (Å²) in [6.45, 7) is 0.489. The number of carbonyl (C=O) groups is 1. The minimum absolute atomic E-state index is 0.0329. The van der Waals surface area contributed by atoms with Crippen LogP contribution < -0.4 is 5.32 Å². The molecule has 0 unspecified atom stereocenters. The van der Waals surface area contributed by atoms with Crippen molar-refractivity contribution in [3.8, 4) is 11.1 Å². The van der Waals surface area contributed by atoms with Crippen LogP contribution in [-0.2, 0) is 24.8 Å². The molecule has 26 heavy (non-hydrogen) atoms. The molecule has 130 valence electrons. The van der Waals surface area contributed by atoms with Crippen LogP contribution >= 0.6 is 0 Å². The fourth-order valence-corrected chi connectivity index (χ4v) is 2.87. The highest BCUT2D eigenvalue weighted by Crippen LogP contribution is 2.24. The van der Waals surface area contributed by atoms with Crippen LogP contribution in [-0.4, -0.2) is 30.6 Å². The van der Waals surface area contributed by atoms with Crippen LogP contribution in [0.1, 0.15) is 11.1 Å². The van der Waals surface area contributed by atoms with E-state index in [1.54, 1.807) is 23.3 Å². The summed E-state index contributed by atoms with van der Waals surface area (Å²) in [5, 5.41) is 8.08. The van der Waals surface area contributed by atoms with Gasteiger partial charge in [-0.2, -0.15) is 5.10 Å². The molecular formula is C19H18N6O. The van der Waals surface area contributed by atoms with Gasteiger partial charge in [-0.15, -0.1) is 0 Å². The van der Waals surface area contributed by atoms with Gasteiger partial charge in [-0.05, 0) is 29.3 Å². The molecule has 2 N–H and O–H groups in total. The first-order valence-corrected chi connectivity index (χ1v) is 8.29. The van der Waals surface area contributed by atoms with Crippen LogP contribution in [0.3, 0.4) is 0 Å². The maximum Gasteiger partial charge on any atom is 0.224 e. The molecule has 0 saturated heterocycles. The van der Waals surface area contributed by atoms with Crippen molar-refractivity contribution in [3.63, 3.8) is 0 Å². The molecule has 0 spiro atoms. The van der Waals surface area contributed by atoms with E-state index in [1.165, 1.54) is 0 Å². The Balaban J connectivity index is 1.51. The molecule has 4 aromatic rings. The summed E-state index contributed by atoms with van der Waals surface area (Å²) in [5.41, 5.74) is 4.69. The van der Waals surface area contributed by atoms with Gasteiger partial charge in [0.25, 0.3) is 0 Å². The van der Waals surface area contributed by atoms with E-state index < -0.39 is 0 Å². The number of nitrogens with zero attached hydrogens (tertiary/aromatic N) is 4. The Morgan fingerprint density at radius 3 is 2.85 bits per heavy atom. The molecule has 0 bridgehead atoms. The van der Waals surface area contributed by atoms with Crippen LogP contribution in [0.2, 0.25) is 0 Å². The van der Waals surface area contributed by atoms with Gasteiger partial charge in [-0.25, -0.2) is 4.98 Å². The molecule has 0 aromatic carbocycles. The van der Waals surface area contributed by atoms with E-state index in [-0.39, 0.29) is 5.91 Å². The van der Waals surface area contributed by atoms with E-state index in [0.717, 1.165) is 33.3 Å². The highest BCUT2D eigenvalue weighted by atomic mass is 16.1. The Hall–Kier alpha value is -3.48. The molecule has 0 radical (unpaired) electrons. The zero-order valence-corrected chi connectivity index (χ0v) is 14.3. The monoisotopic (exact) mass is 346 g/mol. The highest BCUT2D eigenvalue weighted by molar-refractivity contribution is 5.89. The second kappa shape index (κ2) is 6.79. The molecule has 0 atom stereocenters.